The molecule has 16 heavy (non-hydrogen) atoms. The summed E-state index contributed by atoms with van der Waals surface area (Å²) in [6, 6.07) is 6.61. The Bertz CT molecular complexity index is 348. The average Bonchev–Trinajstić information content (AvgIpc) is 2.28. The quantitative estimate of drug-likeness (QED) is 0.850. The molecular weight excluding hydrogens is 205 g/mol. The molecule has 1 saturated heterocycles. The minimum Gasteiger partial charge on any atom is -0.384 e. The zero-order valence-electron chi connectivity index (χ0n) is 9.63. The van der Waals surface area contributed by atoms with Gasteiger partial charge in [-0.1, -0.05) is 13.0 Å². The Hall–Kier alpha value is -1.09. The van der Waals surface area contributed by atoms with Crippen LogP contribution in [0.2, 0.25) is 0 Å². The van der Waals surface area contributed by atoms with Crippen molar-refractivity contribution in [3.05, 3.63) is 30.1 Å². The molecule has 0 aliphatic carbocycles. The van der Waals surface area contributed by atoms with Crippen LogP contribution in [0.4, 0.5) is 10.1 Å². The van der Waals surface area contributed by atoms with Crippen molar-refractivity contribution >= 4 is 5.69 Å². The van der Waals surface area contributed by atoms with Gasteiger partial charge >= 0.3 is 0 Å². The fourth-order valence-electron chi connectivity index (χ4n) is 1.95. The molecule has 0 spiro atoms. The van der Waals surface area contributed by atoms with Crippen molar-refractivity contribution in [1.82, 2.24) is 0 Å². The van der Waals surface area contributed by atoms with Crippen LogP contribution in [0.3, 0.4) is 0 Å². The summed E-state index contributed by atoms with van der Waals surface area (Å²) >= 11 is 0. The standard InChI is InChI=1S/C13H18FNO/c1-13(5-7-16-8-6-13)10-15-12-4-2-3-11(14)9-12/h2-4,9,15H,5-8,10H2,1H3. The third-order valence-corrected chi connectivity index (χ3v) is 3.24. The van der Waals surface area contributed by atoms with Gasteiger partial charge in [0.15, 0.2) is 0 Å². The van der Waals surface area contributed by atoms with Crippen LogP contribution in [0.25, 0.3) is 0 Å². The molecule has 0 saturated carbocycles. The predicted molar refractivity (Wildman–Crippen MR) is 63.0 cm³/mol. The number of rotatable bonds is 3. The zero-order chi connectivity index (χ0) is 11.4. The van der Waals surface area contributed by atoms with Crippen LogP contribution in [0.15, 0.2) is 24.3 Å². The van der Waals surface area contributed by atoms with Crippen LogP contribution in [-0.2, 0) is 4.74 Å². The van der Waals surface area contributed by atoms with Crippen molar-refractivity contribution in [3.63, 3.8) is 0 Å². The van der Waals surface area contributed by atoms with Crippen molar-refractivity contribution in [2.45, 2.75) is 19.8 Å². The molecule has 1 aliphatic heterocycles. The second-order valence-electron chi connectivity index (χ2n) is 4.79. The second kappa shape index (κ2) is 4.83. The van der Waals surface area contributed by atoms with Gasteiger partial charge in [-0.2, -0.15) is 0 Å². The van der Waals surface area contributed by atoms with E-state index in [-0.39, 0.29) is 11.2 Å². The number of hydrogen-bond acceptors (Lipinski definition) is 2. The molecule has 1 heterocycles. The maximum absolute atomic E-state index is 13.0. The highest BCUT2D eigenvalue weighted by molar-refractivity contribution is 5.43. The van der Waals surface area contributed by atoms with Gasteiger partial charge in [-0.15, -0.1) is 0 Å². The summed E-state index contributed by atoms with van der Waals surface area (Å²) in [5.74, 6) is -0.192. The van der Waals surface area contributed by atoms with E-state index >= 15 is 0 Å². The molecule has 0 unspecified atom stereocenters. The molecule has 2 nitrogen and oxygen atoms in total. The monoisotopic (exact) mass is 223 g/mol. The van der Waals surface area contributed by atoms with Crippen molar-refractivity contribution < 1.29 is 9.13 Å². The maximum Gasteiger partial charge on any atom is 0.125 e. The number of nitrogens with one attached hydrogen (secondary N) is 1. The van der Waals surface area contributed by atoms with E-state index in [2.05, 4.69) is 12.2 Å². The number of anilines is 1. The molecule has 1 aromatic carbocycles. The molecule has 1 fully saturated rings. The fraction of sp³-hybridized carbons (Fsp3) is 0.538. The molecule has 0 atom stereocenters. The van der Waals surface area contributed by atoms with E-state index in [0.717, 1.165) is 38.3 Å². The Morgan fingerprint density at radius 1 is 1.38 bits per heavy atom. The van der Waals surface area contributed by atoms with Crippen LogP contribution in [0.5, 0.6) is 0 Å². The van der Waals surface area contributed by atoms with Gasteiger partial charge < -0.3 is 10.1 Å². The van der Waals surface area contributed by atoms with Crippen LogP contribution < -0.4 is 5.32 Å². The highest BCUT2D eigenvalue weighted by Crippen LogP contribution is 2.29. The van der Waals surface area contributed by atoms with Crippen LogP contribution in [0, 0.1) is 11.2 Å². The first-order valence-corrected chi connectivity index (χ1v) is 5.75. The number of halogens is 1. The number of ether oxygens (including phenoxy) is 1. The summed E-state index contributed by atoms with van der Waals surface area (Å²) in [5.41, 5.74) is 1.12. The third-order valence-electron chi connectivity index (χ3n) is 3.24. The topological polar surface area (TPSA) is 21.3 Å². The molecule has 0 radical (unpaired) electrons. The lowest BCUT2D eigenvalue weighted by Crippen LogP contribution is -2.33. The van der Waals surface area contributed by atoms with E-state index in [1.165, 1.54) is 12.1 Å². The Morgan fingerprint density at radius 3 is 2.81 bits per heavy atom. The van der Waals surface area contributed by atoms with Gasteiger partial charge in [0.05, 0.1) is 0 Å². The third kappa shape index (κ3) is 2.95. The van der Waals surface area contributed by atoms with Gasteiger partial charge in [-0.05, 0) is 36.5 Å². The maximum atomic E-state index is 13.0. The van der Waals surface area contributed by atoms with E-state index in [0.29, 0.717) is 0 Å². The van der Waals surface area contributed by atoms with Crippen LogP contribution in [-0.4, -0.2) is 19.8 Å². The number of benzene rings is 1. The molecule has 1 aromatic rings. The van der Waals surface area contributed by atoms with Gasteiger partial charge in [0.25, 0.3) is 0 Å². The molecule has 2 rings (SSSR count). The average molecular weight is 223 g/mol. The van der Waals surface area contributed by atoms with Crippen molar-refractivity contribution in [2.24, 2.45) is 5.41 Å². The molecule has 0 amide bonds. The molecule has 1 aliphatic rings. The van der Waals surface area contributed by atoms with E-state index in [9.17, 15) is 4.39 Å². The van der Waals surface area contributed by atoms with E-state index in [4.69, 9.17) is 4.74 Å². The van der Waals surface area contributed by atoms with Gasteiger partial charge in [-0.25, -0.2) is 4.39 Å². The van der Waals surface area contributed by atoms with E-state index in [1.54, 1.807) is 6.07 Å². The smallest absolute Gasteiger partial charge is 0.125 e. The van der Waals surface area contributed by atoms with Crippen molar-refractivity contribution in [1.29, 1.82) is 0 Å². The summed E-state index contributed by atoms with van der Waals surface area (Å²) in [7, 11) is 0. The first kappa shape index (κ1) is 11.4. The summed E-state index contributed by atoms with van der Waals surface area (Å²) in [6.45, 7) is 4.80. The Labute approximate surface area is 95.8 Å². The Kier molecular flexibility index (Phi) is 3.44. The SMILES string of the molecule is CC1(CNc2cccc(F)c2)CCOCC1. The predicted octanol–water partition coefficient (Wildman–Crippen LogP) is 3.05. The molecule has 0 bridgehead atoms. The largest absolute Gasteiger partial charge is 0.384 e. The lowest BCUT2D eigenvalue weighted by Gasteiger charge is -2.33. The summed E-state index contributed by atoms with van der Waals surface area (Å²) in [6.07, 6.45) is 2.13. The van der Waals surface area contributed by atoms with Crippen LogP contribution >= 0.6 is 0 Å². The first-order valence-electron chi connectivity index (χ1n) is 5.75. The molecular formula is C13H18FNO. The summed E-state index contributed by atoms with van der Waals surface area (Å²) in [4.78, 5) is 0. The fourth-order valence-corrected chi connectivity index (χ4v) is 1.95. The Balaban J connectivity index is 1.91. The lowest BCUT2D eigenvalue weighted by molar-refractivity contribution is 0.0300. The first-order chi connectivity index (χ1) is 7.68. The minimum atomic E-state index is -0.192. The van der Waals surface area contributed by atoms with Crippen molar-refractivity contribution in [3.8, 4) is 0 Å². The van der Waals surface area contributed by atoms with E-state index in [1.807, 2.05) is 6.07 Å². The number of hydrogen-bond donors (Lipinski definition) is 1. The second-order valence-corrected chi connectivity index (χ2v) is 4.79. The summed E-state index contributed by atoms with van der Waals surface area (Å²) < 4.78 is 18.3. The highest BCUT2D eigenvalue weighted by Gasteiger charge is 2.26. The van der Waals surface area contributed by atoms with Crippen LogP contribution in [0.1, 0.15) is 19.8 Å². The van der Waals surface area contributed by atoms with Gasteiger partial charge in [0.1, 0.15) is 5.82 Å². The van der Waals surface area contributed by atoms with Gasteiger partial charge in [0.2, 0.25) is 0 Å². The normalized spacial score (nSPS) is 19.4. The molecule has 0 aromatic heterocycles. The molecule has 1 N–H and O–H groups in total. The summed E-state index contributed by atoms with van der Waals surface area (Å²) in [5, 5.41) is 3.30. The van der Waals surface area contributed by atoms with Gasteiger partial charge in [-0.3, -0.25) is 0 Å². The minimum absolute atomic E-state index is 0.192. The van der Waals surface area contributed by atoms with Crippen molar-refractivity contribution in [2.75, 3.05) is 25.1 Å². The zero-order valence-corrected chi connectivity index (χ0v) is 9.63. The van der Waals surface area contributed by atoms with Gasteiger partial charge in [0, 0.05) is 25.4 Å². The van der Waals surface area contributed by atoms with E-state index < -0.39 is 0 Å². The Morgan fingerprint density at radius 2 is 2.12 bits per heavy atom. The molecule has 88 valence electrons. The lowest BCUT2D eigenvalue weighted by atomic mass is 9.82. The molecule has 3 heteroatoms. The highest BCUT2D eigenvalue weighted by atomic mass is 19.1.